The molecule has 0 spiro atoms. The standard InChI is InChI=1S/C18H22ClN3O5/c1-3-26-15(27-4-2)10-20-16(23)13-9-21-18(25)22(17(13)24)11-12-7-5-6-8-14(12)19/h5-9,15H,3-4,10-11H2,1-2H3,(H,20,23)(H,21,25). The highest BCUT2D eigenvalue weighted by Crippen LogP contribution is 2.14. The quantitative estimate of drug-likeness (QED) is 0.624. The smallest absolute Gasteiger partial charge is 0.328 e. The molecule has 0 saturated carbocycles. The number of carbonyl (C=O) groups excluding carboxylic acids is 1. The second-order valence-corrected chi connectivity index (χ2v) is 5.95. The van der Waals surface area contributed by atoms with Crippen LogP contribution in [0, 0.1) is 0 Å². The Kier molecular flexibility index (Phi) is 7.78. The summed E-state index contributed by atoms with van der Waals surface area (Å²) >= 11 is 6.09. The van der Waals surface area contributed by atoms with Crippen LogP contribution in [-0.4, -0.2) is 41.5 Å². The highest BCUT2D eigenvalue weighted by molar-refractivity contribution is 6.31. The maximum atomic E-state index is 12.6. The van der Waals surface area contributed by atoms with Crippen LogP contribution >= 0.6 is 11.6 Å². The summed E-state index contributed by atoms with van der Waals surface area (Å²) in [6.07, 6.45) is 0.483. The topological polar surface area (TPSA) is 102 Å². The lowest BCUT2D eigenvalue weighted by Crippen LogP contribution is -2.42. The lowest BCUT2D eigenvalue weighted by molar-refractivity contribution is -0.131. The first-order chi connectivity index (χ1) is 13.0. The number of amides is 1. The van der Waals surface area contributed by atoms with E-state index in [9.17, 15) is 14.4 Å². The fraction of sp³-hybridized carbons (Fsp3) is 0.389. The van der Waals surface area contributed by atoms with Crippen LogP contribution in [0.5, 0.6) is 0 Å². The van der Waals surface area contributed by atoms with Crippen LogP contribution in [0.4, 0.5) is 0 Å². The lowest BCUT2D eigenvalue weighted by atomic mass is 10.2. The average Bonchev–Trinajstić information content (AvgIpc) is 2.64. The molecular weight excluding hydrogens is 374 g/mol. The van der Waals surface area contributed by atoms with E-state index in [1.807, 2.05) is 13.8 Å². The van der Waals surface area contributed by atoms with Gasteiger partial charge in [-0.3, -0.25) is 14.2 Å². The molecule has 0 bridgehead atoms. The molecule has 1 amide bonds. The van der Waals surface area contributed by atoms with Gasteiger partial charge in [0.2, 0.25) is 0 Å². The van der Waals surface area contributed by atoms with E-state index in [-0.39, 0.29) is 18.7 Å². The van der Waals surface area contributed by atoms with Crippen LogP contribution in [0.1, 0.15) is 29.8 Å². The first-order valence-corrected chi connectivity index (χ1v) is 8.93. The number of hydrogen-bond donors (Lipinski definition) is 2. The Morgan fingerprint density at radius 2 is 1.89 bits per heavy atom. The van der Waals surface area contributed by atoms with E-state index in [2.05, 4.69) is 10.3 Å². The third-order valence-corrected chi connectivity index (χ3v) is 4.09. The fourth-order valence-electron chi connectivity index (χ4n) is 2.42. The molecule has 2 aromatic rings. The third kappa shape index (κ3) is 5.53. The van der Waals surface area contributed by atoms with Crippen molar-refractivity contribution in [1.82, 2.24) is 14.9 Å². The second kappa shape index (κ2) is 10.1. The summed E-state index contributed by atoms with van der Waals surface area (Å²) in [4.78, 5) is 39.5. The van der Waals surface area contributed by atoms with Crippen LogP contribution in [0.25, 0.3) is 0 Å². The van der Waals surface area contributed by atoms with Gasteiger partial charge in [0.25, 0.3) is 11.5 Å². The largest absolute Gasteiger partial charge is 0.351 e. The van der Waals surface area contributed by atoms with Crippen molar-refractivity contribution in [3.8, 4) is 0 Å². The summed E-state index contributed by atoms with van der Waals surface area (Å²) in [5, 5.41) is 3.01. The molecule has 27 heavy (non-hydrogen) atoms. The van der Waals surface area contributed by atoms with Crippen LogP contribution in [-0.2, 0) is 16.0 Å². The molecule has 0 fully saturated rings. The molecule has 0 aliphatic carbocycles. The van der Waals surface area contributed by atoms with Crippen molar-refractivity contribution >= 4 is 17.5 Å². The number of ether oxygens (including phenoxy) is 2. The molecule has 8 nitrogen and oxygen atoms in total. The molecule has 0 aliphatic rings. The van der Waals surface area contributed by atoms with Gasteiger partial charge in [0.1, 0.15) is 5.56 Å². The summed E-state index contributed by atoms with van der Waals surface area (Å²) in [6.45, 7) is 4.49. The van der Waals surface area contributed by atoms with E-state index in [0.717, 1.165) is 10.8 Å². The predicted octanol–water partition coefficient (Wildman–Crippen LogP) is 1.37. The molecule has 146 valence electrons. The maximum Gasteiger partial charge on any atom is 0.328 e. The van der Waals surface area contributed by atoms with E-state index in [4.69, 9.17) is 21.1 Å². The van der Waals surface area contributed by atoms with Gasteiger partial charge >= 0.3 is 5.69 Å². The van der Waals surface area contributed by atoms with Crippen molar-refractivity contribution in [2.45, 2.75) is 26.7 Å². The molecule has 0 radical (unpaired) electrons. The Labute approximate surface area is 161 Å². The Morgan fingerprint density at radius 1 is 1.22 bits per heavy atom. The van der Waals surface area contributed by atoms with Gasteiger partial charge in [0.15, 0.2) is 6.29 Å². The van der Waals surface area contributed by atoms with E-state index in [1.54, 1.807) is 24.3 Å². The van der Waals surface area contributed by atoms with E-state index < -0.39 is 23.4 Å². The molecule has 2 N–H and O–H groups in total. The van der Waals surface area contributed by atoms with Crippen molar-refractivity contribution in [2.24, 2.45) is 0 Å². The average molecular weight is 396 g/mol. The van der Waals surface area contributed by atoms with Crippen molar-refractivity contribution in [3.63, 3.8) is 0 Å². The second-order valence-electron chi connectivity index (χ2n) is 5.54. The van der Waals surface area contributed by atoms with Gasteiger partial charge in [-0.2, -0.15) is 0 Å². The van der Waals surface area contributed by atoms with Gasteiger partial charge in [-0.05, 0) is 25.5 Å². The Bertz CT molecular complexity index is 887. The minimum Gasteiger partial charge on any atom is -0.351 e. The predicted molar refractivity (Wildman–Crippen MR) is 101 cm³/mol. The summed E-state index contributed by atoms with van der Waals surface area (Å²) in [5.74, 6) is -0.631. The number of aromatic amines is 1. The molecule has 1 aromatic heterocycles. The van der Waals surface area contributed by atoms with E-state index >= 15 is 0 Å². The van der Waals surface area contributed by atoms with Gasteiger partial charge in [-0.15, -0.1) is 0 Å². The third-order valence-electron chi connectivity index (χ3n) is 3.73. The van der Waals surface area contributed by atoms with Crippen LogP contribution in [0.3, 0.4) is 0 Å². The SMILES string of the molecule is CCOC(CNC(=O)c1c[nH]c(=O)n(Cc2ccccc2Cl)c1=O)OCC. The molecular formula is C18H22ClN3O5. The van der Waals surface area contributed by atoms with Crippen molar-refractivity contribution < 1.29 is 14.3 Å². The molecule has 0 aliphatic heterocycles. The fourth-order valence-corrected chi connectivity index (χ4v) is 2.62. The molecule has 2 rings (SSSR count). The summed E-state index contributed by atoms with van der Waals surface area (Å²) in [7, 11) is 0. The molecule has 9 heteroatoms. The van der Waals surface area contributed by atoms with Gasteiger partial charge in [-0.25, -0.2) is 4.79 Å². The van der Waals surface area contributed by atoms with Gasteiger partial charge in [-0.1, -0.05) is 29.8 Å². The summed E-state index contributed by atoms with van der Waals surface area (Å²) in [6, 6.07) is 6.86. The number of nitrogens with one attached hydrogen (secondary N) is 2. The number of rotatable bonds is 9. The van der Waals surface area contributed by atoms with Crippen molar-refractivity contribution in [2.75, 3.05) is 19.8 Å². The van der Waals surface area contributed by atoms with Crippen molar-refractivity contribution in [1.29, 1.82) is 0 Å². The number of aromatic nitrogens is 2. The molecule has 1 aromatic carbocycles. The molecule has 0 atom stereocenters. The number of benzene rings is 1. The highest BCUT2D eigenvalue weighted by atomic mass is 35.5. The van der Waals surface area contributed by atoms with Crippen LogP contribution in [0.15, 0.2) is 40.1 Å². The molecule has 1 heterocycles. The Hall–Kier alpha value is -2.42. The van der Waals surface area contributed by atoms with Crippen LogP contribution < -0.4 is 16.6 Å². The van der Waals surface area contributed by atoms with Gasteiger partial charge in [0.05, 0.1) is 13.1 Å². The van der Waals surface area contributed by atoms with Crippen molar-refractivity contribution in [3.05, 3.63) is 67.4 Å². The normalized spacial score (nSPS) is 11.0. The summed E-state index contributed by atoms with van der Waals surface area (Å²) in [5.41, 5.74) is -0.927. The first kappa shape index (κ1) is 20.9. The molecule has 0 unspecified atom stereocenters. The Morgan fingerprint density at radius 3 is 2.52 bits per heavy atom. The highest BCUT2D eigenvalue weighted by Gasteiger charge is 2.17. The summed E-state index contributed by atoms with van der Waals surface area (Å²) < 4.78 is 11.6. The lowest BCUT2D eigenvalue weighted by Gasteiger charge is -2.17. The van der Waals surface area contributed by atoms with Gasteiger partial charge in [0, 0.05) is 24.4 Å². The van der Waals surface area contributed by atoms with E-state index in [1.165, 1.54) is 0 Å². The minimum atomic E-state index is -0.708. The number of nitrogens with zero attached hydrogens (tertiary/aromatic N) is 1. The van der Waals surface area contributed by atoms with Gasteiger partial charge < -0.3 is 19.8 Å². The zero-order chi connectivity index (χ0) is 19.8. The number of hydrogen-bond acceptors (Lipinski definition) is 5. The van der Waals surface area contributed by atoms with E-state index in [0.29, 0.717) is 23.8 Å². The maximum absolute atomic E-state index is 12.6. The minimum absolute atomic E-state index is 0.0462. The zero-order valence-corrected chi connectivity index (χ0v) is 15.9. The Balaban J connectivity index is 2.21. The monoisotopic (exact) mass is 395 g/mol. The first-order valence-electron chi connectivity index (χ1n) is 8.55. The zero-order valence-electron chi connectivity index (χ0n) is 15.2. The molecule has 0 saturated heterocycles. The number of halogens is 1. The van der Waals surface area contributed by atoms with Crippen LogP contribution in [0.2, 0.25) is 5.02 Å². The number of carbonyl (C=O) groups is 1. The number of H-pyrrole nitrogens is 1.